The van der Waals surface area contributed by atoms with Gasteiger partial charge in [0.05, 0.1) is 11.0 Å². The van der Waals surface area contributed by atoms with Gasteiger partial charge in [0.25, 0.3) is 0 Å². The molecule has 2 atom stereocenters. The molecule has 2 amide bonds. The second-order valence-electron chi connectivity index (χ2n) is 7.13. The van der Waals surface area contributed by atoms with Crippen molar-refractivity contribution in [3.05, 3.63) is 70.3 Å². The van der Waals surface area contributed by atoms with E-state index in [9.17, 15) is 22.8 Å². The van der Waals surface area contributed by atoms with Gasteiger partial charge in [0, 0.05) is 18.0 Å². The number of fused-ring (bicyclic) bond motifs is 1. The molecule has 0 saturated carbocycles. The van der Waals surface area contributed by atoms with Crippen molar-refractivity contribution in [1.29, 1.82) is 0 Å². The number of hydrogen-bond acceptors (Lipinski definition) is 2. The smallest absolute Gasteiger partial charge is 0.366 e. The predicted molar refractivity (Wildman–Crippen MR) is 92.0 cm³/mol. The van der Waals surface area contributed by atoms with Gasteiger partial charge in [0.2, 0.25) is 11.8 Å². The zero-order valence-corrected chi connectivity index (χ0v) is 14.3. The van der Waals surface area contributed by atoms with Gasteiger partial charge in [-0.25, -0.2) is 0 Å². The lowest BCUT2D eigenvalue weighted by molar-refractivity contribution is -0.137. The monoisotopic (exact) mass is 374 g/mol. The lowest BCUT2D eigenvalue weighted by Crippen LogP contribution is -2.35. The van der Waals surface area contributed by atoms with Crippen LogP contribution in [0.5, 0.6) is 0 Å². The molecule has 2 aliphatic rings. The molecule has 1 fully saturated rings. The van der Waals surface area contributed by atoms with Crippen LogP contribution in [0.15, 0.2) is 42.5 Å². The number of benzene rings is 2. The van der Waals surface area contributed by atoms with E-state index in [1.807, 2.05) is 0 Å². The van der Waals surface area contributed by atoms with Gasteiger partial charge in [-0.15, -0.1) is 0 Å². The molecule has 1 heterocycles. The number of nitrogens with one attached hydrogen (secondary N) is 1. The van der Waals surface area contributed by atoms with Crippen molar-refractivity contribution in [2.45, 2.75) is 24.9 Å². The number of amides is 2. The molecule has 1 aliphatic carbocycles. The lowest BCUT2D eigenvalue weighted by atomic mass is 9.71. The first kappa shape index (κ1) is 17.6. The first-order valence-corrected chi connectivity index (χ1v) is 8.61. The number of rotatable bonds is 2. The van der Waals surface area contributed by atoms with E-state index in [0.29, 0.717) is 35.2 Å². The quantitative estimate of drug-likeness (QED) is 0.848. The van der Waals surface area contributed by atoms with Crippen LogP contribution in [0.3, 0.4) is 0 Å². The van der Waals surface area contributed by atoms with Gasteiger partial charge < -0.3 is 11.1 Å². The average molecular weight is 374 g/mol. The maximum atomic E-state index is 13.2. The summed E-state index contributed by atoms with van der Waals surface area (Å²) in [4.78, 5) is 24.6. The molecule has 2 unspecified atom stereocenters. The van der Waals surface area contributed by atoms with Crippen LogP contribution in [0.4, 0.5) is 13.2 Å². The molecule has 4 nitrogen and oxygen atoms in total. The van der Waals surface area contributed by atoms with Gasteiger partial charge in [0.1, 0.15) is 0 Å². The van der Waals surface area contributed by atoms with Crippen molar-refractivity contribution in [1.82, 2.24) is 5.32 Å². The van der Waals surface area contributed by atoms with E-state index in [1.54, 1.807) is 24.3 Å². The molecule has 0 radical (unpaired) electrons. The number of primary amides is 1. The number of hydrogen-bond donors (Lipinski definition) is 2. The average Bonchev–Trinajstić information content (AvgIpc) is 3.14. The van der Waals surface area contributed by atoms with E-state index in [-0.39, 0.29) is 12.3 Å². The Labute approximate surface area is 153 Å². The van der Waals surface area contributed by atoms with Gasteiger partial charge in [-0.05, 0) is 41.7 Å². The third-order valence-electron chi connectivity index (χ3n) is 5.69. The summed E-state index contributed by atoms with van der Waals surface area (Å²) < 4.78 is 39.7. The number of carbonyl (C=O) groups is 2. The highest BCUT2D eigenvalue weighted by Crippen LogP contribution is 2.55. The summed E-state index contributed by atoms with van der Waals surface area (Å²) >= 11 is 0. The van der Waals surface area contributed by atoms with Crippen LogP contribution in [0, 0.1) is 5.41 Å². The number of nitrogens with two attached hydrogens (primary N) is 1. The lowest BCUT2D eigenvalue weighted by Gasteiger charge is -2.29. The van der Waals surface area contributed by atoms with E-state index >= 15 is 0 Å². The highest BCUT2D eigenvalue weighted by Gasteiger charge is 2.55. The van der Waals surface area contributed by atoms with Crippen LogP contribution in [0.2, 0.25) is 0 Å². The van der Waals surface area contributed by atoms with Crippen LogP contribution in [-0.4, -0.2) is 18.4 Å². The summed E-state index contributed by atoms with van der Waals surface area (Å²) in [6, 6.07) is 10.1. The Morgan fingerprint density at radius 3 is 2.56 bits per heavy atom. The molecular weight excluding hydrogens is 357 g/mol. The third kappa shape index (κ3) is 2.60. The van der Waals surface area contributed by atoms with Crippen molar-refractivity contribution in [3.8, 4) is 0 Å². The number of alkyl halides is 3. The van der Waals surface area contributed by atoms with Gasteiger partial charge in [0.15, 0.2) is 0 Å². The molecule has 1 saturated heterocycles. The molecule has 2 aromatic carbocycles. The summed E-state index contributed by atoms with van der Waals surface area (Å²) in [6.45, 7) is 0.453. The second kappa shape index (κ2) is 5.84. The van der Waals surface area contributed by atoms with Gasteiger partial charge in [-0.2, -0.15) is 13.2 Å². The Hall–Kier alpha value is -2.83. The van der Waals surface area contributed by atoms with Crippen LogP contribution in [0.1, 0.15) is 45.0 Å². The zero-order valence-electron chi connectivity index (χ0n) is 14.3. The van der Waals surface area contributed by atoms with Crippen molar-refractivity contribution in [3.63, 3.8) is 0 Å². The second-order valence-corrected chi connectivity index (χ2v) is 7.13. The minimum absolute atomic E-state index is 0.198. The van der Waals surface area contributed by atoms with Crippen LogP contribution >= 0.6 is 0 Å². The fourth-order valence-corrected chi connectivity index (χ4v) is 4.54. The van der Waals surface area contributed by atoms with E-state index in [2.05, 4.69) is 5.32 Å². The molecule has 3 N–H and O–H groups in total. The van der Waals surface area contributed by atoms with E-state index in [0.717, 1.165) is 12.1 Å². The minimum atomic E-state index is -4.47. The maximum absolute atomic E-state index is 13.2. The Kier molecular flexibility index (Phi) is 3.80. The zero-order chi connectivity index (χ0) is 19.4. The molecule has 2 aromatic rings. The highest BCUT2D eigenvalue weighted by atomic mass is 19.4. The molecule has 0 bridgehead atoms. The fraction of sp³-hybridized carbons (Fsp3) is 0.300. The van der Waals surface area contributed by atoms with Crippen LogP contribution in [-0.2, 0) is 17.4 Å². The first-order valence-electron chi connectivity index (χ1n) is 8.61. The summed E-state index contributed by atoms with van der Waals surface area (Å²) in [7, 11) is 0. The first-order chi connectivity index (χ1) is 12.7. The normalized spacial score (nSPS) is 24.1. The molecule has 4 rings (SSSR count). The van der Waals surface area contributed by atoms with Crippen molar-refractivity contribution >= 4 is 11.8 Å². The molecule has 140 valence electrons. The van der Waals surface area contributed by atoms with Crippen molar-refractivity contribution < 1.29 is 22.8 Å². The molecule has 1 spiro atoms. The van der Waals surface area contributed by atoms with Crippen LogP contribution < -0.4 is 11.1 Å². The predicted octanol–water partition coefficient (Wildman–Crippen LogP) is 3.00. The summed E-state index contributed by atoms with van der Waals surface area (Å²) in [5.74, 6) is -1.36. The van der Waals surface area contributed by atoms with E-state index < -0.39 is 29.0 Å². The molecule has 1 aliphatic heterocycles. The molecular formula is C20H17F3N2O2. The highest BCUT2D eigenvalue weighted by molar-refractivity contribution is 5.96. The number of carbonyl (C=O) groups excluding carboxylic acids is 2. The van der Waals surface area contributed by atoms with E-state index in [4.69, 9.17) is 5.73 Å². The maximum Gasteiger partial charge on any atom is 0.416 e. The van der Waals surface area contributed by atoms with Gasteiger partial charge in [-0.1, -0.05) is 30.3 Å². The van der Waals surface area contributed by atoms with Crippen LogP contribution in [0.25, 0.3) is 0 Å². The third-order valence-corrected chi connectivity index (χ3v) is 5.69. The Morgan fingerprint density at radius 2 is 1.93 bits per heavy atom. The number of halogens is 3. The fourth-order valence-electron chi connectivity index (χ4n) is 4.54. The van der Waals surface area contributed by atoms with Crippen molar-refractivity contribution in [2.24, 2.45) is 11.1 Å². The molecule has 0 aromatic heterocycles. The van der Waals surface area contributed by atoms with Crippen molar-refractivity contribution in [2.75, 3.05) is 6.54 Å². The summed E-state index contributed by atoms with van der Waals surface area (Å²) in [5, 5.41) is 2.80. The van der Waals surface area contributed by atoms with Gasteiger partial charge >= 0.3 is 6.18 Å². The van der Waals surface area contributed by atoms with E-state index in [1.165, 1.54) is 6.07 Å². The minimum Gasteiger partial charge on any atom is -0.366 e. The molecule has 7 heteroatoms. The largest absolute Gasteiger partial charge is 0.416 e. The molecule has 27 heavy (non-hydrogen) atoms. The SMILES string of the molecule is NC(=O)c1cccc2c1CC1(CCNC1=O)C2c1cccc(C(F)(F)F)c1. The summed E-state index contributed by atoms with van der Waals surface area (Å²) in [6.07, 6.45) is -3.70. The Bertz CT molecular complexity index is 954. The topological polar surface area (TPSA) is 72.2 Å². The Balaban J connectivity index is 1.94. The summed E-state index contributed by atoms with van der Waals surface area (Å²) in [5.41, 5.74) is 5.92. The standard InChI is InChI=1S/C20H17F3N2O2/c21-20(22,23)12-4-1-3-11(9-12)16-13-5-2-6-14(17(24)26)15(13)10-19(16)7-8-25-18(19)27/h1-6,9,16H,7-8,10H2,(H2,24,26)(H,25,27). The Morgan fingerprint density at radius 1 is 1.19 bits per heavy atom. The van der Waals surface area contributed by atoms with Gasteiger partial charge in [-0.3, -0.25) is 9.59 Å².